The van der Waals surface area contributed by atoms with Gasteiger partial charge < -0.3 is 19.9 Å². The van der Waals surface area contributed by atoms with Gasteiger partial charge in [0, 0.05) is 11.9 Å². The molecule has 5 nitrogen and oxygen atoms in total. The number of hydrogen-bond donors (Lipinski definition) is 3. The van der Waals surface area contributed by atoms with Gasteiger partial charge in [-0.25, -0.2) is 4.79 Å². The number of aryl methyl sites for hydroxylation is 1. The molecule has 1 aromatic carbocycles. The van der Waals surface area contributed by atoms with Gasteiger partial charge in [0.2, 0.25) is 0 Å². The van der Waals surface area contributed by atoms with Crippen LogP contribution in [-0.4, -0.2) is 38.6 Å². The predicted molar refractivity (Wildman–Crippen MR) is 78.3 cm³/mol. The van der Waals surface area contributed by atoms with Gasteiger partial charge in [-0.15, -0.1) is 0 Å². The van der Waals surface area contributed by atoms with Crippen LogP contribution in [0.3, 0.4) is 0 Å². The fourth-order valence-electron chi connectivity index (χ4n) is 2.34. The molecule has 0 aliphatic carbocycles. The Morgan fingerprint density at radius 1 is 1.14 bits per heavy atom. The summed E-state index contributed by atoms with van der Waals surface area (Å²) in [6, 6.07) is 11.4. The standard InChI is InChI=1S/C16H19NO4/c18-11-13(19)10-17-9-8-14(16(20)21)15(17)7-6-12-4-2-1-3-5-12/h1-5,8-9,13,18-19H,6-7,10-11H2,(H,20,21). The van der Waals surface area contributed by atoms with Crippen molar-refractivity contribution in [3.8, 4) is 0 Å². The van der Waals surface area contributed by atoms with Crippen LogP contribution in [0.15, 0.2) is 42.6 Å². The van der Waals surface area contributed by atoms with Gasteiger partial charge in [0.25, 0.3) is 0 Å². The fourth-order valence-corrected chi connectivity index (χ4v) is 2.34. The van der Waals surface area contributed by atoms with Gasteiger partial charge >= 0.3 is 5.97 Å². The van der Waals surface area contributed by atoms with Crippen molar-refractivity contribution in [2.45, 2.75) is 25.5 Å². The first-order valence-corrected chi connectivity index (χ1v) is 6.86. The van der Waals surface area contributed by atoms with E-state index in [0.29, 0.717) is 12.1 Å². The molecule has 21 heavy (non-hydrogen) atoms. The number of nitrogens with zero attached hydrogens (tertiary/aromatic N) is 1. The maximum Gasteiger partial charge on any atom is 0.337 e. The molecule has 1 aromatic heterocycles. The Morgan fingerprint density at radius 3 is 2.48 bits per heavy atom. The van der Waals surface area contributed by atoms with Crippen LogP contribution < -0.4 is 0 Å². The highest BCUT2D eigenvalue weighted by atomic mass is 16.4. The van der Waals surface area contributed by atoms with Gasteiger partial charge in [0.05, 0.1) is 24.8 Å². The van der Waals surface area contributed by atoms with Crippen molar-refractivity contribution in [3.05, 3.63) is 59.4 Å². The van der Waals surface area contributed by atoms with Crippen molar-refractivity contribution in [3.63, 3.8) is 0 Å². The molecule has 0 amide bonds. The summed E-state index contributed by atoms with van der Waals surface area (Å²) in [6.45, 7) is -0.160. The van der Waals surface area contributed by atoms with Crippen LogP contribution in [0.5, 0.6) is 0 Å². The SMILES string of the molecule is O=C(O)c1ccn(CC(O)CO)c1CCc1ccccc1. The van der Waals surface area contributed by atoms with Crippen LogP contribution in [-0.2, 0) is 19.4 Å². The monoisotopic (exact) mass is 289 g/mol. The Bertz CT molecular complexity index is 592. The van der Waals surface area contributed by atoms with Gasteiger partial charge in [-0.3, -0.25) is 0 Å². The number of aromatic carboxylic acids is 1. The summed E-state index contributed by atoms with van der Waals surface area (Å²) in [7, 11) is 0. The second-order valence-electron chi connectivity index (χ2n) is 4.96. The summed E-state index contributed by atoms with van der Waals surface area (Å²) >= 11 is 0. The Morgan fingerprint density at radius 2 is 1.86 bits per heavy atom. The third-order valence-corrected chi connectivity index (χ3v) is 3.42. The molecular formula is C16H19NO4. The van der Waals surface area contributed by atoms with E-state index in [9.17, 15) is 15.0 Å². The van der Waals surface area contributed by atoms with Gasteiger partial charge in [-0.1, -0.05) is 30.3 Å². The zero-order chi connectivity index (χ0) is 15.2. The molecule has 2 aromatic rings. The van der Waals surface area contributed by atoms with Gasteiger partial charge in [0.15, 0.2) is 0 Å². The highest BCUT2D eigenvalue weighted by Crippen LogP contribution is 2.15. The van der Waals surface area contributed by atoms with Crippen LogP contribution >= 0.6 is 0 Å². The lowest BCUT2D eigenvalue weighted by atomic mass is 10.1. The molecule has 0 saturated heterocycles. The molecule has 0 spiro atoms. The molecule has 0 fully saturated rings. The molecular weight excluding hydrogens is 270 g/mol. The van der Waals surface area contributed by atoms with E-state index >= 15 is 0 Å². The summed E-state index contributed by atoms with van der Waals surface area (Å²) in [6.07, 6.45) is 2.04. The summed E-state index contributed by atoms with van der Waals surface area (Å²) in [5, 5.41) is 27.7. The van der Waals surface area contributed by atoms with E-state index in [-0.39, 0.29) is 18.7 Å². The van der Waals surface area contributed by atoms with E-state index in [0.717, 1.165) is 12.0 Å². The molecule has 5 heteroatoms. The Labute approximate surface area is 123 Å². The van der Waals surface area contributed by atoms with Crippen LogP contribution in [0.25, 0.3) is 0 Å². The first-order chi connectivity index (χ1) is 10.1. The number of carboxylic acids is 1. The highest BCUT2D eigenvalue weighted by molar-refractivity contribution is 5.89. The first-order valence-electron chi connectivity index (χ1n) is 6.86. The molecule has 0 saturated carbocycles. The number of benzene rings is 1. The fraction of sp³-hybridized carbons (Fsp3) is 0.312. The summed E-state index contributed by atoms with van der Waals surface area (Å²) in [5.41, 5.74) is 2.04. The number of hydrogen-bond acceptors (Lipinski definition) is 3. The average molecular weight is 289 g/mol. The molecule has 0 bridgehead atoms. The van der Waals surface area contributed by atoms with Crippen LogP contribution in [0.1, 0.15) is 21.6 Å². The van der Waals surface area contributed by atoms with Crippen molar-refractivity contribution in [2.24, 2.45) is 0 Å². The van der Waals surface area contributed by atoms with Crippen molar-refractivity contribution in [1.82, 2.24) is 4.57 Å². The maximum absolute atomic E-state index is 11.3. The third-order valence-electron chi connectivity index (χ3n) is 3.42. The molecule has 1 atom stereocenters. The number of rotatable bonds is 7. The number of aliphatic hydroxyl groups is 2. The van der Waals surface area contributed by atoms with E-state index < -0.39 is 12.1 Å². The molecule has 1 unspecified atom stereocenters. The molecule has 1 heterocycles. The lowest BCUT2D eigenvalue weighted by Crippen LogP contribution is -2.21. The van der Waals surface area contributed by atoms with E-state index in [4.69, 9.17) is 5.11 Å². The lowest BCUT2D eigenvalue weighted by Gasteiger charge is -2.13. The number of aromatic nitrogens is 1. The minimum absolute atomic E-state index is 0.188. The molecule has 0 radical (unpaired) electrons. The highest BCUT2D eigenvalue weighted by Gasteiger charge is 2.16. The Hall–Kier alpha value is -2.11. The first kappa shape index (κ1) is 15.3. The van der Waals surface area contributed by atoms with E-state index in [1.807, 2.05) is 30.3 Å². The van der Waals surface area contributed by atoms with E-state index in [2.05, 4.69) is 0 Å². The Balaban J connectivity index is 2.18. The number of carbonyl (C=O) groups is 1. The lowest BCUT2D eigenvalue weighted by molar-refractivity contribution is 0.0692. The predicted octanol–water partition coefficient (Wildman–Crippen LogP) is 1.32. The van der Waals surface area contributed by atoms with E-state index in [1.54, 1.807) is 10.8 Å². The average Bonchev–Trinajstić information content (AvgIpc) is 2.89. The summed E-state index contributed by atoms with van der Waals surface area (Å²) in [5.74, 6) is -0.977. The molecule has 112 valence electrons. The van der Waals surface area contributed by atoms with Crippen molar-refractivity contribution in [2.75, 3.05) is 6.61 Å². The van der Waals surface area contributed by atoms with Crippen molar-refractivity contribution >= 4 is 5.97 Å². The smallest absolute Gasteiger partial charge is 0.337 e. The minimum atomic E-state index is -0.977. The van der Waals surface area contributed by atoms with Crippen LogP contribution in [0.2, 0.25) is 0 Å². The van der Waals surface area contributed by atoms with Gasteiger partial charge in [0.1, 0.15) is 0 Å². The van der Waals surface area contributed by atoms with Crippen LogP contribution in [0.4, 0.5) is 0 Å². The van der Waals surface area contributed by atoms with Crippen molar-refractivity contribution in [1.29, 1.82) is 0 Å². The number of carboxylic acid groups (broad SMARTS) is 1. The minimum Gasteiger partial charge on any atom is -0.478 e. The summed E-state index contributed by atoms with van der Waals surface area (Å²) in [4.78, 5) is 11.3. The normalized spacial score (nSPS) is 12.3. The molecule has 3 N–H and O–H groups in total. The van der Waals surface area contributed by atoms with Crippen molar-refractivity contribution < 1.29 is 20.1 Å². The number of aliphatic hydroxyl groups excluding tert-OH is 2. The zero-order valence-corrected chi connectivity index (χ0v) is 11.6. The second kappa shape index (κ2) is 7.06. The third kappa shape index (κ3) is 3.93. The zero-order valence-electron chi connectivity index (χ0n) is 11.6. The molecule has 2 rings (SSSR count). The van der Waals surface area contributed by atoms with Crippen LogP contribution in [0, 0.1) is 0 Å². The topological polar surface area (TPSA) is 82.7 Å². The van der Waals surface area contributed by atoms with Gasteiger partial charge in [-0.2, -0.15) is 0 Å². The summed E-state index contributed by atoms with van der Waals surface area (Å²) < 4.78 is 1.70. The molecule has 0 aliphatic rings. The largest absolute Gasteiger partial charge is 0.478 e. The maximum atomic E-state index is 11.3. The Kier molecular flexibility index (Phi) is 5.14. The quantitative estimate of drug-likeness (QED) is 0.718. The van der Waals surface area contributed by atoms with E-state index in [1.165, 1.54) is 6.07 Å². The molecule has 0 aliphatic heterocycles. The second-order valence-corrected chi connectivity index (χ2v) is 4.96. The van der Waals surface area contributed by atoms with Gasteiger partial charge in [-0.05, 0) is 24.5 Å².